The van der Waals surface area contributed by atoms with Gasteiger partial charge in [0.15, 0.2) is 0 Å². The molecule has 24 heavy (non-hydrogen) atoms. The third kappa shape index (κ3) is 4.98. The van der Waals surface area contributed by atoms with E-state index in [-0.39, 0.29) is 0 Å². The molecule has 2 aromatic rings. The molecule has 1 saturated heterocycles. The first-order valence-corrected chi connectivity index (χ1v) is 8.58. The van der Waals surface area contributed by atoms with E-state index in [1.807, 2.05) is 12.1 Å². The Morgan fingerprint density at radius 1 is 1.08 bits per heavy atom. The highest BCUT2D eigenvalue weighted by Gasteiger charge is 2.22. The number of nitrogens with zero attached hydrogens (tertiary/aromatic N) is 1. The normalized spacial score (nSPS) is 17.8. The number of nitrogens with one attached hydrogen (secondary N) is 1. The summed E-state index contributed by atoms with van der Waals surface area (Å²) >= 11 is 0. The van der Waals surface area contributed by atoms with Gasteiger partial charge in [-0.05, 0) is 24.1 Å². The van der Waals surface area contributed by atoms with Crippen molar-refractivity contribution < 1.29 is 9.47 Å². The number of methoxy groups -OCH3 is 1. The Labute approximate surface area is 144 Å². The van der Waals surface area contributed by atoms with Gasteiger partial charge in [-0.15, -0.1) is 0 Å². The molecule has 0 amide bonds. The Morgan fingerprint density at radius 3 is 2.79 bits per heavy atom. The fraction of sp³-hybridized carbons (Fsp3) is 0.400. The minimum absolute atomic E-state index is 0.489. The number of hydrogen-bond acceptors (Lipinski definition) is 4. The summed E-state index contributed by atoms with van der Waals surface area (Å²) in [4.78, 5) is 2.51. The van der Waals surface area contributed by atoms with Crippen molar-refractivity contribution in [3.63, 3.8) is 0 Å². The number of hydrogen-bond donors (Lipinski definition) is 1. The summed E-state index contributed by atoms with van der Waals surface area (Å²) in [6.07, 6.45) is 1.17. The molecule has 1 aliphatic heterocycles. The molecule has 4 nitrogen and oxygen atoms in total. The van der Waals surface area contributed by atoms with Crippen molar-refractivity contribution >= 4 is 5.69 Å². The van der Waals surface area contributed by atoms with Crippen molar-refractivity contribution in [1.29, 1.82) is 0 Å². The first-order valence-electron chi connectivity index (χ1n) is 8.58. The van der Waals surface area contributed by atoms with Crippen LogP contribution in [0.4, 0.5) is 5.69 Å². The highest BCUT2D eigenvalue weighted by atomic mass is 16.5. The van der Waals surface area contributed by atoms with Gasteiger partial charge in [-0.1, -0.05) is 36.4 Å². The van der Waals surface area contributed by atoms with Crippen LogP contribution in [-0.2, 0) is 11.3 Å². The first kappa shape index (κ1) is 16.8. The van der Waals surface area contributed by atoms with Crippen LogP contribution in [0.5, 0.6) is 5.75 Å². The molecule has 1 N–H and O–H groups in total. The molecule has 128 valence electrons. The molecule has 1 atom stereocenters. The molecule has 1 unspecified atom stereocenters. The zero-order chi connectivity index (χ0) is 16.6. The molecule has 4 heteroatoms. The van der Waals surface area contributed by atoms with Crippen LogP contribution in [0.2, 0.25) is 0 Å². The summed E-state index contributed by atoms with van der Waals surface area (Å²) in [7, 11) is 1.68. The summed E-state index contributed by atoms with van der Waals surface area (Å²) in [6, 6.07) is 19.3. The van der Waals surface area contributed by atoms with Gasteiger partial charge in [-0.3, -0.25) is 4.90 Å². The number of likely N-dealkylation sites (tertiary alicyclic amines) is 1. The third-order valence-electron chi connectivity index (χ3n) is 4.28. The molecule has 0 spiro atoms. The van der Waals surface area contributed by atoms with Crippen molar-refractivity contribution in [3.8, 4) is 5.75 Å². The summed E-state index contributed by atoms with van der Waals surface area (Å²) in [5, 5.41) is 3.63. The first-order chi connectivity index (χ1) is 11.8. The van der Waals surface area contributed by atoms with Crippen molar-refractivity contribution in [2.45, 2.75) is 19.0 Å². The van der Waals surface area contributed by atoms with Crippen molar-refractivity contribution in [1.82, 2.24) is 4.90 Å². The second-order valence-corrected chi connectivity index (χ2v) is 6.22. The third-order valence-corrected chi connectivity index (χ3v) is 4.28. The van der Waals surface area contributed by atoms with E-state index in [4.69, 9.17) is 9.47 Å². The molecule has 3 rings (SSSR count). The van der Waals surface area contributed by atoms with Crippen LogP contribution in [0.1, 0.15) is 12.0 Å². The van der Waals surface area contributed by atoms with E-state index in [1.165, 1.54) is 12.0 Å². The molecular weight excluding hydrogens is 300 g/mol. The van der Waals surface area contributed by atoms with E-state index in [2.05, 4.69) is 52.7 Å². The molecule has 0 aromatic heterocycles. The quantitative estimate of drug-likeness (QED) is 0.754. The summed E-state index contributed by atoms with van der Waals surface area (Å²) in [6.45, 7) is 4.42. The molecule has 0 aliphatic carbocycles. The number of benzene rings is 2. The van der Waals surface area contributed by atoms with Crippen LogP contribution in [0.3, 0.4) is 0 Å². The summed E-state index contributed by atoms with van der Waals surface area (Å²) in [5.74, 6) is 0.885. The van der Waals surface area contributed by atoms with E-state index in [1.54, 1.807) is 7.11 Å². The maximum atomic E-state index is 5.68. The van der Waals surface area contributed by atoms with Crippen LogP contribution >= 0.6 is 0 Å². The molecule has 1 heterocycles. The summed E-state index contributed by atoms with van der Waals surface area (Å²) < 4.78 is 10.7. The van der Waals surface area contributed by atoms with E-state index in [9.17, 15) is 0 Å². The molecule has 0 saturated carbocycles. The van der Waals surface area contributed by atoms with Gasteiger partial charge in [0.2, 0.25) is 0 Å². The van der Waals surface area contributed by atoms with E-state index < -0.39 is 0 Å². The van der Waals surface area contributed by atoms with Gasteiger partial charge < -0.3 is 14.8 Å². The van der Waals surface area contributed by atoms with Crippen LogP contribution < -0.4 is 10.1 Å². The SMILES string of the molecule is COCCOc1cccc(NC2CCN(Cc3ccccc3)C2)c1. The topological polar surface area (TPSA) is 33.7 Å². The average Bonchev–Trinajstić information content (AvgIpc) is 3.03. The maximum Gasteiger partial charge on any atom is 0.121 e. The second-order valence-electron chi connectivity index (χ2n) is 6.22. The minimum atomic E-state index is 0.489. The van der Waals surface area contributed by atoms with Gasteiger partial charge in [-0.2, -0.15) is 0 Å². The molecule has 1 aliphatic rings. The lowest BCUT2D eigenvalue weighted by Crippen LogP contribution is -2.25. The maximum absolute atomic E-state index is 5.68. The lowest BCUT2D eigenvalue weighted by molar-refractivity contribution is 0.146. The Balaban J connectivity index is 1.49. The Kier molecular flexibility index (Phi) is 6.10. The molecule has 0 bridgehead atoms. The smallest absolute Gasteiger partial charge is 0.121 e. The van der Waals surface area contributed by atoms with Crippen LogP contribution in [-0.4, -0.2) is 44.4 Å². The van der Waals surface area contributed by atoms with Gasteiger partial charge in [-0.25, -0.2) is 0 Å². The van der Waals surface area contributed by atoms with Crippen molar-refractivity contribution in [2.75, 3.05) is 38.7 Å². The molecule has 1 fully saturated rings. The minimum Gasteiger partial charge on any atom is -0.491 e. The van der Waals surface area contributed by atoms with Gasteiger partial charge in [0.25, 0.3) is 0 Å². The predicted octanol–water partition coefficient (Wildman–Crippen LogP) is 3.40. The standard InChI is InChI=1S/C20H26N2O2/c1-23-12-13-24-20-9-5-8-18(14-20)21-19-10-11-22(16-19)15-17-6-3-2-4-7-17/h2-9,14,19,21H,10-13,15-16H2,1H3. The Bertz CT molecular complexity index is 618. The van der Waals surface area contributed by atoms with Crippen molar-refractivity contribution in [2.24, 2.45) is 0 Å². The zero-order valence-electron chi connectivity index (χ0n) is 14.3. The van der Waals surface area contributed by atoms with Gasteiger partial charge >= 0.3 is 0 Å². The highest BCUT2D eigenvalue weighted by Crippen LogP contribution is 2.21. The van der Waals surface area contributed by atoms with Gasteiger partial charge in [0, 0.05) is 44.5 Å². The van der Waals surface area contributed by atoms with Crippen molar-refractivity contribution in [3.05, 3.63) is 60.2 Å². The largest absolute Gasteiger partial charge is 0.491 e. The predicted molar refractivity (Wildman–Crippen MR) is 97.6 cm³/mol. The fourth-order valence-electron chi connectivity index (χ4n) is 3.09. The zero-order valence-corrected chi connectivity index (χ0v) is 14.3. The Morgan fingerprint density at radius 2 is 1.96 bits per heavy atom. The number of rotatable bonds is 8. The molecule has 2 aromatic carbocycles. The van der Waals surface area contributed by atoms with E-state index in [0.717, 1.165) is 31.1 Å². The van der Waals surface area contributed by atoms with E-state index >= 15 is 0 Å². The van der Waals surface area contributed by atoms with Crippen LogP contribution in [0, 0.1) is 0 Å². The number of ether oxygens (including phenoxy) is 2. The lowest BCUT2D eigenvalue weighted by Gasteiger charge is -2.18. The monoisotopic (exact) mass is 326 g/mol. The van der Waals surface area contributed by atoms with E-state index in [0.29, 0.717) is 19.3 Å². The highest BCUT2D eigenvalue weighted by molar-refractivity contribution is 5.49. The lowest BCUT2D eigenvalue weighted by atomic mass is 10.2. The summed E-state index contributed by atoms with van der Waals surface area (Å²) in [5.41, 5.74) is 2.50. The number of anilines is 1. The second kappa shape index (κ2) is 8.71. The van der Waals surface area contributed by atoms with Crippen LogP contribution in [0.15, 0.2) is 54.6 Å². The van der Waals surface area contributed by atoms with Crippen LogP contribution in [0.25, 0.3) is 0 Å². The average molecular weight is 326 g/mol. The van der Waals surface area contributed by atoms with Gasteiger partial charge in [0.1, 0.15) is 12.4 Å². The fourth-order valence-corrected chi connectivity index (χ4v) is 3.09. The molecular formula is C20H26N2O2. The van der Waals surface area contributed by atoms with Gasteiger partial charge in [0.05, 0.1) is 6.61 Å². The molecule has 0 radical (unpaired) electrons. The Hall–Kier alpha value is -2.04.